The molecule has 0 spiro atoms. The summed E-state index contributed by atoms with van der Waals surface area (Å²) in [6.45, 7) is 0. The van der Waals surface area contributed by atoms with Crippen LogP contribution in [0.5, 0.6) is 0 Å². The molecule has 0 aliphatic rings. The fraction of sp³-hybridized carbons (Fsp3) is 0. The van der Waals surface area contributed by atoms with Crippen molar-refractivity contribution in [1.29, 1.82) is 0 Å². The monoisotopic (exact) mass is 282 g/mol. The second-order valence-electron chi connectivity index (χ2n) is 2.15. The van der Waals surface area contributed by atoms with Crippen LogP contribution in [-0.4, -0.2) is 30.7 Å². The van der Waals surface area contributed by atoms with E-state index >= 15 is 0 Å². The summed E-state index contributed by atoms with van der Waals surface area (Å²) < 4.78 is 24.0. The standard InChI is InChI=1S/C8H7Cl.Al.H2O3S2.3H/c9-7-6-8-4-2-1-3-5-8;;1-5(2,3)4;;;/h1-7H;;(H2,1,2,3,4);;;. The van der Waals surface area contributed by atoms with Crippen molar-refractivity contribution < 1.29 is 13.3 Å². The first kappa shape index (κ1) is 17.5. The van der Waals surface area contributed by atoms with Crippen LogP contribution in [0.25, 0.3) is 6.08 Å². The Morgan fingerprint density at radius 3 is 2.00 bits per heavy atom. The highest BCUT2D eigenvalue weighted by Crippen LogP contribution is 2.00. The van der Waals surface area contributed by atoms with Crippen LogP contribution in [0.1, 0.15) is 5.56 Å². The summed E-state index contributed by atoms with van der Waals surface area (Å²) in [6.07, 6.45) is 1.85. The van der Waals surface area contributed by atoms with Crippen molar-refractivity contribution in [2.24, 2.45) is 0 Å². The third-order valence-electron chi connectivity index (χ3n) is 1.06. The van der Waals surface area contributed by atoms with Crippen molar-refractivity contribution in [1.82, 2.24) is 0 Å². The summed E-state index contributed by atoms with van der Waals surface area (Å²) in [5, 5.41) is 0. The summed E-state index contributed by atoms with van der Waals surface area (Å²) >= 11 is 8.82. The minimum atomic E-state index is -3.83. The molecule has 0 saturated heterocycles. The summed E-state index contributed by atoms with van der Waals surface area (Å²) in [5.74, 6) is 0. The van der Waals surface area contributed by atoms with E-state index in [0.717, 1.165) is 5.56 Å². The van der Waals surface area contributed by atoms with Crippen molar-refractivity contribution in [3.63, 3.8) is 0 Å². The Labute approximate surface area is 110 Å². The molecule has 3 nitrogen and oxygen atoms in total. The summed E-state index contributed by atoms with van der Waals surface area (Å²) in [6, 6.07) is 9.93. The molecule has 0 amide bonds. The minimum absolute atomic E-state index is 0. The maximum absolute atomic E-state index is 9.11. The summed E-state index contributed by atoms with van der Waals surface area (Å²) in [4.78, 5) is 0. The van der Waals surface area contributed by atoms with E-state index in [2.05, 4.69) is 11.2 Å². The van der Waals surface area contributed by atoms with Crippen LogP contribution in [0.2, 0.25) is 0 Å². The van der Waals surface area contributed by atoms with Gasteiger partial charge in [-0.1, -0.05) is 41.9 Å². The third-order valence-corrected chi connectivity index (χ3v) is 1.18. The van der Waals surface area contributed by atoms with E-state index in [-0.39, 0.29) is 17.4 Å². The first-order valence-corrected chi connectivity index (χ1v) is 6.28. The SMILES string of the molecule is ClC=Cc1ccccc1.O=S(O)(O)=S.[AlH3]. The molecule has 0 radical (unpaired) electrons. The quantitative estimate of drug-likeness (QED) is 0.765. The number of halogens is 1. The molecule has 1 aromatic rings. The van der Waals surface area contributed by atoms with Gasteiger partial charge >= 0.3 is 0 Å². The Balaban J connectivity index is 0. The zero-order valence-corrected chi connectivity index (χ0v) is 9.43. The molecule has 0 heterocycles. The van der Waals surface area contributed by atoms with Gasteiger partial charge in [-0.2, -0.15) is 4.21 Å². The molecule has 0 fully saturated rings. The molecule has 0 bridgehead atoms. The molecule has 2 N–H and O–H groups in total. The van der Waals surface area contributed by atoms with Gasteiger partial charge in [0.05, 0.1) is 0 Å². The average molecular weight is 283 g/mol. The zero-order valence-electron chi connectivity index (χ0n) is 7.04. The number of hydrogen-bond donors (Lipinski definition) is 2. The second kappa shape index (κ2) is 9.31. The third kappa shape index (κ3) is 16.7. The van der Waals surface area contributed by atoms with E-state index in [4.69, 9.17) is 24.9 Å². The van der Waals surface area contributed by atoms with Crippen LogP contribution >= 0.6 is 11.6 Å². The second-order valence-corrected chi connectivity index (χ2v) is 4.60. The van der Waals surface area contributed by atoms with Crippen molar-refractivity contribution in [2.75, 3.05) is 0 Å². The molecule has 0 aliphatic carbocycles. The Morgan fingerprint density at radius 2 is 1.67 bits per heavy atom. The first-order valence-electron chi connectivity index (χ1n) is 3.45. The van der Waals surface area contributed by atoms with E-state index < -0.39 is 9.05 Å². The lowest BCUT2D eigenvalue weighted by Gasteiger charge is -1.86. The summed E-state index contributed by atoms with van der Waals surface area (Å²) in [5.41, 5.74) is 2.64. The number of rotatable bonds is 1. The van der Waals surface area contributed by atoms with E-state index in [1.807, 2.05) is 36.4 Å². The Kier molecular flexibility index (Phi) is 10.8. The largest absolute Gasteiger partial charge is 0.285 e. The maximum Gasteiger partial charge on any atom is 0.263 e. The van der Waals surface area contributed by atoms with Crippen LogP contribution in [0, 0.1) is 0 Å². The smallest absolute Gasteiger partial charge is 0.263 e. The fourth-order valence-corrected chi connectivity index (χ4v) is 0.782. The maximum atomic E-state index is 9.11. The van der Waals surface area contributed by atoms with Crippen LogP contribution in [-0.2, 0) is 20.2 Å². The van der Waals surface area contributed by atoms with E-state index in [1.54, 1.807) is 0 Å². The van der Waals surface area contributed by atoms with Gasteiger partial charge in [-0.25, -0.2) is 0 Å². The normalized spacial score (nSPS) is 10.1. The van der Waals surface area contributed by atoms with Gasteiger partial charge in [0.2, 0.25) is 0 Å². The van der Waals surface area contributed by atoms with Crippen LogP contribution in [0.4, 0.5) is 0 Å². The molecule has 1 aromatic carbocycles. The van der Waals surface area contributed by atoms with E-state index in [9.17, 15) is 0 Å². The van der Waals surface area contributed by atoms with Gasteiger partial charge in [0.1, 0.15) is 0 Å². The van der Waals surface area contributed by atoms with Gasteiger partial charge in [-0.15, -0.1) is 0 Å². The molecule has 0 aliphatic heterocycles. The lowest BCUT2D eigenvalue weighted by molar-refractivity contribution is 0.450. The highest BCUT2D eigenvalue weighted by molar-refractivity contribution is 8.26. The molecule has 0 unspecified atom stereocenters. The highest BCUT2D eigenvalue weighted by atomic mass is 35.5. The minimum Gasteiger partial charge on any atom is -0.285 e. The van der Waals surface area contributed by atoms with E-state index in [0.29, 0.717) is 0 Å². The highest BCUT2D eigenvalue weighted by Gasteiger charge is 1.78. The van der Waals surface area contributed by atoms with Gasteiger partial charge in [0, 0.05) is 16.7 Å². The predicted octanol–water partition coefficient (Wildman–Crippen LogP) is 1.39. The van der Waals surface area contributed by atoms with Crippen LogP contribution in [0.3, 0.4) is 0 Å². The van der Waals surface area contributed by atoms with Crippen LogP contribution < -0.4 is 0 Å². The molecule has 15 heavy (non-hydrogen) atoms. The summed E-state index contributed by atoms with van der Waals surface area (Å²) in [7, 11) is -3.83. The molecular weight excluding hydrogens is 271 g/mol. The zero-order chi connectivity index (χ0) is 11.0. The fourth-order valence-electron chi connectivity index (χ4n) is 0.637. The van der Waals surface area contributed by atoms with Gasteiger partial charge < -0.3 is 0 Å². The van der Waals surface area contributed by atoms with Crippen molar-refractivity contribution in [3.8, 4) is 0 Å². The van der Waals surface area contributed by atoms with Crippen LogP contribution in [0.15, 0.2) is 35.9 Å². The molecule has 0 saturated carbocycles. The van der Waals surface area contributed by atoms with Gasteiger partial charge in [0.15, 0.2) is 17.4 Å². The lowest BCUT2D eigenvalue weighted by Crippen LogP contribution is -1.86. The molecule has 1 rings (SSSR count). The van der Waals surface area contributed by atoms with Crippen molar-refractivity contribution in [2.45, 2.75) is 0 Å². The Morgan fingerprint density at radius 1 is 1.27 bits per heavy atom. The molecule has 0 aromatic heterocycles. The molecular formula is C8H12AlClO3S2. The topological polar surface area (TPSA) is 57.5 Å². The Hall–Kier alpha value is 0.0725. The number of benzene rings is 1. The molecule has 84 valence electrons. The van der Waals surface area contributed by atoms with Crippen molar-refractivity contribution in [3.05, 3.63) is 41.4 Å². The first-order chi connectivity index (χ1) is 6.43. The molecule has 0 atom stereocenters. The van der Waals surface area contributed by atoms with E-state index in [1.165, 1.54) is 5.54 Å². The van der Waals surface area contributed by atoms with Crippen molar-refractivity contribution >= 4 is 55.3 Å². The number of hydrogen-bond acceptors (Lipinski definition) is 2. The lowest BCUT2D eigenvalue weighted by atomic mass is 10.2. The van der Waals surface area contributed by atoms with Gasteiger partial charge in [-0.05, 0) is 11.6 Å². The van der Waals surface area contributed by atoms with Gasteiger partial charge in [-0.3, -0.25) is 9.11 Å². The average Bonchev–Trinajstić information content (AvgIpc) is 2.03. The van der Waals surface area contributed by atoms with Gasteiger partial charge in [0.25, 0.3) is 9.05 Å². The molecule has 7 heteroatoms. The Bertz CT molecular complexity index is 370. The predicted molar refractivity (Wildman–Crippen MR) is 72.0 cm³/mol.